The zero-order valence-corrected chi connectivity index (χ0v) is 13.3. The van der Waals surface area contributed by atoms with Crippen molar-refractivity contribution in [2.24, 2.45) is 0 Å². The molecule has 1 N–H and O–H groups in total. The summed E-state index contributed by atoms with van der Waals surface area (Å²) in [6.45, 7) is 3.16. The second-order valence-electron chi connectivity index (χ2n) is 4.31. The molecular formula is C14H19O6P. The van der Waals surface area contributed by atoms with Crippen LogP contribution in [0.5, 0.6) is 0 Å². The van der Waals surface area contributed by atoms with E-state index in [1.807, 2.05) is 30.3 Å². The highest BCUT2D eigenvalue weighted by atomic mass is 31.2. The Bertz CT molecular complexity index is 558. The van der Waals surface area contributed by atoms with Crippen molar-refractivity contribution in [1.82, 2.24) is 0 Å². The number of phosphoric ester groups is 1. The molecule has 0 aliphatic rings. The van der Waals surface area contributed by atoms with Gasteiger partial charge in [-0.05, 0) is 12.5 Å². The molecule has 0 heterocycles. The quantitative estimate of drug-likeness (QED) is 0.471. The lowest BCUT2D eigenvalue weighted by atomic mass is 9.92. The Balaban J connectivity index is 3.19. The van der Waals surface area contributed by atoms with E-state index in [0.29, 0.717) is 0 Å². The highest BCUT2D eigenvalue weighted by molar-refractivity contribution is 7.48. The number of allylic oxidation sites excluding steroid dienone is 1. The first-order valence-corrected chi connectivity index (χ1v) is 7.70. The van der Waals surface area contributed by atoms with E-state index in [1.54, 1.807) is 6.92 Å². The Kier molecular flexibility index (Phi) is 6.15. The molecule has 0 saturated carbocycles. The van der Waals surface area contributed by atoms with Gasteiger partial charge in [0.1, 0.15) is 5.76 Å². The maximum absolute atomic E-state index is 12.0. The van der Waals surface area contributed by atoms with Gasteiger partial charge in [0.15, 0.2) is 0 Å². The van der Waals surface area contributed by atoms with Crippen LogP contribution in [0.15, 0.2) is 41.7 Å². The standard InChI is InChI=1S/C14H19O6P/c1-10(12-8-6-5-7-9-12)13(14(15)16)11(2)20-21(17,18-3)19-4/h5-10H,1-4H3,(H,15,16). The molecule has 0 spiro atoms. The Hall–Kier alpha value is -1.62. The van der Waals surface area contributed by atoms with Gasteiger partial charge in [-0.2, -0.15) is 0 Å². The second kappa shape index (κ2) is 7.41. The molecule has 0 aromatic heterocycles. The molecule has 116 valence electrons. The molecule has 0 fully saturated rings. The average molecular weight is 314 g/mol. The topological polar surface area (TPSA) is 82.1 Å². The summed E-state index contributed by atoms with van der Waals surface area (Å²) in [7, 11) is -1.45. The number of aliphatic carboxylic acids is 1. The van der Waals surface area contributed by atoms with Crippen LogP contribution in [0, 0.1) is 0 Å². The van der Waals surface area contributed by atoms with E-state index >= 15 is 0 Å². The van der Waals surface area contributed by atoms with Crippen molar-refractivity contribution in [2.45, 2.75) is 19.8 Å². The maximum Gasteiger partial charge on any atom is 0.529 e. The van der Waals surface area contributed by atoms with Crippen LogP contribution in [0.2, 0.25) is 0 Å². The Labute approximate surface area is 124 Å². The summed E-state index contributed by atoms with van der Waals surface area (Å²) in [5.41, 5.74) is 0.804. The molecule has 1 unspecified atom stereocenters. The van der Waals surface area contributed by atoms with Crippen molar-refractivity contribution >= 4 is 13.8 Å². The first-order valence-electron chi connectivity index (χ1n) is 6.24. The van der Waals surface area contributed by atoms with Crippen molar-refractivity contribution in [3.8, 4) is 0 Å². The minimum atomic E-state index is -3.78. The lowest BCUT2D eigenvalue weighted by molar-refractivity contribution is -0.133. The van der Waals surface area contributed by atoms with E-state index in [4.69, 9.17) is 4.52 Å². The van der Waals surface area contributed by atoms with E-state index in [1.165, 1.54) is 21.1 Å². The van der Waals surface area contributed by atoms with Crippen molar-refractivity contribution in [1.29, 1.82) is 0 Å². The summed E-state index contributed by atoms with van der Waals surface area (Å²) in [6, 6.07) is 9.10. The van der Waals surface area contributed by atoms with E-state index < -0.39 is 19.7 Å². The van der Waals surface area contributed by atoms with Crippen molar-refractivity contribution in [3.05, 3.63) is 47.2 Å². The molecule has 0 amide bonds. The Morgan fingerprint density at radius 3 is 2.14 bits per heavy atom. The summed E-state index contributed by atoms with van der Waals surface area (Å²) >= 11 is 0. The smallest absolute Gasteiger partial charge is 0.478 e. The van der Waals surface area contributed by atoms with Crippen LogP contribution < -0.4 is 0 Å². The fourth-order valence-electron chi connectivity index (χ4n) is 1.92. The molecule has 0 radical (unpaired) electrons. The summed E-state index contributed by atoms with van der Waals surface area (Å²) in [6.07, 6.45) is 0. The molecule has 6 nitrogen and oxygen atoms in total. The third-order valence-corrected chi connectivity index (χ3v) is 4.43. The zero-order chi connectivity index (χ0) is 16.0. The molecular weight excluding hydrogens is 295 g/mol. The van der Waals surface area contributed by atoms with Gasteiger partial charge in [0, 0.05) is 20.1 Å². The van der Waals surface area contributed by atoms with Crippen molar-refractivity contribution in [2.75, 3.05) is 14.2 Å². The van der Waals surface area contributed by atoms with Crippen LogP contribution in [-0.2, 0) is 22.9 Å². The zero-order valence-electron chi connectivity index (χ0n) is 12.4. The summed E-state index contributed by atoms with van der Waals surface area (Å²) in [5, 5.41) is 9.41. The van der Waals surface area contributed by atoms with E-state index in [9.17, 15) is 14.5 Å². The predicted molar refractivity (Wildman–Crippen MR) is 77.9 cm³/mol. The van der Waals surface area contributed by atoms with Gasteiger partial charge in [0.25, 0.3) is 0 Å². The van der Waals surface area contributed by atoms with Gasteiger partial charge in [0.05, 0.1) is 5.57 Å². The number of carbonyl (C=O) groups is 1. The number of hydrogen-bond donors (Lipinski definition) is 1. The van der Waals surface area contributed by atoms with Crippen LogP contribution >= 0.6 is 7.82 Å². The number of carboxylic acids is 1. The lowest BCUT2D eigenvalue weighted by Crippen LogP contribution is -2.12. The number of rotatable bonds is 7. The molecule has 0 saturated heterocycles. The van der Waals surface area contributed by atoms with Crippen LogP contribution in [0.3, 0.4) is 0 Å². The van der Waals surface area contributed by atoms with Crippen LogP contribution in [-0.4, -0.2) is 25.3 Å². The van der Waals surface area contributed by atoms with E-state index in [2.05, 4.69) is 9.05 Å². The molecule has 0 aliphatic carbocycles. The second-order valence-corrected chi connectivity index (χ2v) is 6.12. The summed E-state index contributed by atoms with van der Waals surface area (Å²) < 4.78 is 26.4. The molecule has 0 bridgehead atoms. The first-order chi connectivity index (χ1) is 9.84. The van der Waals surface area contributed by atoms with Gasteiger partial charge in [-0.1, -0.05) is 37.3 Å². The predicted octanol–water partition coefficient (Wildman–Crippen LogP) is 3.57. The number of benzene rings is 1. The van der Waals surface area contributed by atoms with Gasteiger partial charge in [-0.15, -0.1) is 0 Å². The summed E-state index contributed by atoms with van der Waals surface area (Å²) in [5.74, 6) is -1.60. The SMILES string of the molecule is COP(=O)(OC)OC(C)=C(C(=O)O)C(C)c1ccccc1. The van der Waals surface area contributed by atoms with Gasteiger partial charge in [-0.25, -0.2) is 9.36 Å². The van der Waals surface area contributed by atoms with Crippen LogP contribution in [0.4, 0.5) is 0 Å². The minimum Gasteiger partial charge on any atom is -0.478 e. The minimum absolute atomic E-state index is 0.00414. The molecule has 21 heavy (non-hydrogen) atoms. The van der Waals surface area contributed by atoms with Gasteiger partial charge < -0.3 is 9.63 Å². The normalized spacial score (nSPS) is 14.3. The number of hydrogen-bond acceptors (Lipinski definition) is 5. The van der Waals surface area contributed by atoms with Gasteiger partial charge in [0.2, 0.25) is 0 Å². The van der Waals surface area contributed by atoms with Gasteiger partial charge >= 0.3 is 13.8 Å². The van der Waals surface area contributed by atoms with Gasteiger partial charge in [-0.3, -0.25) is 9.05 Å². The number of phosphoric acid groups is 1. The number of carboxylic acid groups (broad SMARTS) is 1. The molecule has 1 rings (SSSR count). The van der Waals surface area contributed by atoms with Crippen molar-refractivity contribution < 1.29 is 28.0 Å². The fraction of sp³-hybridized carbons (Fsp3) is 0.357. The van der Waals surface area contributed by atoms with E-state index in [0.717, 1.165) is 5.56 Å². The first kappa shape index (κ1) is 17.4. The molecule has 1 aromatic carbocycles. The summed E-state index contributed by atoms with van der Waals surface area (Å²) in [4.78, 5) is 11.5. The average Bonchev–Trinajstić information content (AvgIpc) is 2.47. The lowest BCUT2D eigenvalue weighted by Gasteiger charge is -2.19. The monoisotopic (exact) mass is 314 g/mol. The van der Waals surface area contributed by atoms with Crippen LogP contribution in [0.1, 0.15) is 25.3 Å². The molecule has 0 aliphatic heterocycles. The third-order valence-electron chi connectivity index (χ3n) is 3.04. The van der Waals surface area contributed by atoms with Crippen LogP contribution in [0.25, 0.3) is 0 Å². The third kappa shape index (κ3) is 4.43. The molecule has 7 heteroatoms. The Morgan fingerprint density at radius 2 is 1.71 bits per heavy atom. The molecule has 1 aromatic rings. The maximum atomic E-state index is 12.0. The van der Waals surface area contributed by atoms with E-state index in [-0.39, 0.29) is 11.3 Å². The highest BCUT2D eigenvalue weighted by Crippen LogP contribution is 2.50. The highest BCUT2D eigenvalue weighted by Gasteiger charge is 2.29. The van der Waals surface area contributed by atoms with Crippen molar-refractivity contribution in [3.63, 3.8) is 0 Å². The fourth-order valence-corrected chi connectivity index (χ4v) is 2.65. The molecule has 1 atom stereocenters. The largest absolute Gasteiger partial charge is 0.529 e. The Morgan fingerprint density at radius 1 is 1.19 bits per heavy atom.